The maximum atomic E-state index is 5.99. The van der Waals surface area contributed by atoms with Crippen LogP contribution in [0, 0.1) is 6.92 Å². The van der Waals surface area contributed by atoms with Crippen LogP contribution in [0.3, 0.4) is 0 Å². The zero-order valence-corrected chi connectivity index (χ0v) is 9.98. The van der Waals surface area contributed by atoms with E-state index in [0.717, 1.165) is 15.9 Å². The number of rotatable bonds is 2. The molecule has 3 rings (SSSR count). The van der Waals surface area contributed by atoms with Gasteiger partial charge in [0, 0.05) is 23.7 Å². The molecule has 0 unspecified atom stereocenters. The molecule has 0 aliphatic heterocycles. The third kappa shape index (κ3) is 1.91. The van der Waals surface area contributed by atoms with Crippen LogP contribution in [0.5, 0.6) is 0 Å². The normalized spacial score (nSPS) is 11.2. The van der Waals surface area contributed by atoms with Crippen LogP contribution >= 0.6 is 11.6 Å². The second-order valence-electron chi connectivity index (χ2n) is 3.88. The minimum Gasteiger partial charge on any atom is -0.340 e. The minimum absolute atomic E-state index is 0.578. The summed E-state index contributed by atoms with van der Waals surface area (Å²) >= 11 is 5.99. The predicted octanol–water partition coefficient (Wildman–Crippen LogP) is 3.03. The number of hydrogen-bond acceptors (Lipinski definition) is 3. The molecule has 1 aromatic carbocycles. The van der Waals surface area contributed by atoms with Crippen molar-refractivity contribution < 1.29 is 4.52 Å². The fraction of sp³-hybridized carbons (Fsp3) is 0.167. The molecular weight excluding hydrogens is 238 g/mol. The Balaban J connectivity index is 2.03. The molecule has 0 bridgehead atoms. The van der Waals surface area contributed by atoms with E-state index in [0.29, 0.717) is 18.3 Å². The first-order valence-electron chi connectivity index (χ1n) is 5.26. The van der Waals surface area contributed by atoms with Gasteiger partial charge in [-0.2, -0.15) is 4.98 Å². The van der Waals surface area contributed by atoms with Crippen LogP contribution < -0.4 is 0 Å². The minimum atomic E-state index is 0.578. The van der Waals surface area contributed by atoms with Gasteiger partial charge >= 0.3 is 0 Å². The second kappa shape index (κ2) is 3.89. The smallest absolute Gasteiger partial charge is 0.223 e. The molecule has 3 aromatic rings. The molecule has 0 aliphatic rings. The van der Waals surface area contributed by atoms with Crippen LogP contribution in [0.4, 0.5) is 0 Å². The molecular formula is C12H10ClN3O. The van der Waals surface area contributed by atoms with Gasteiger partial charge in [0.25, 0.3) is 0 Å². The molecule has 4 nitrogen and oxygen atoms in total. The maximum Gasteiger partial charge on any atom is 0.223 e. The van der Waals surface area contributed by atoms with Gasteiger partial charge in [0.15, 0.2) is 5.82 Å². The zero-order chi connectivity index (χ0) is 11.8. The van der Waals surface area contributed by atoms with E-state index in [9.17, 15) is 0 Å². The highest BCUT2D eigenvalue weighted by atomic mass is 35.5. The predicted molar refractivity (Wildman–Crippen MR) is 65.1 cm³/mol. The zero-order valence-electron chi connectivity index (χ0n) is 9.22. The standard InChI is InChI=1S/C12H10ClN3O/c1-8-14-12(15-17-8)7-16-5-4-9-2-3-10(13)6-11(9)16/h2-6H,7H2,1H3. The van der Waals surface area contributed by atoms with Gasteiger partial charge in [0.2, 0.25) is 5.89 Å². The highest BCUT2D eigenvalue weighted by Gasteiger charge is 2.06. The molecule has 86 valence electrons. The SMILES string of the molecule is Cc1nc(Cn2ccc3ccc(Cl)cc32)no1. The Bertz CT molecular complexity index is 671. The fourth-order valence-electron chi connectivity index (χ4n) is 1.85. The van der Waals surface area contributed by atoms with Crippen molar-refractivity contribution in [2.75, 3.05) is 0 Å². The van der Waals surface area contributed by atoms with E-state index in [-0.39, 0.29) is 0 Å². The molecule has 0 amide bonds. The average molecular weight is 248 g/mol. The van der Waals surface area contributed by atoms with Gasteiger partial charge in [0.1, 0.15) is 0 Å². The van der Waals surface area contributed by atoms with E-state index >= 15 is 0 Å². The van der Waals surface area contributed by atoms with E-state index in [1.165, 1.54) is 0 Å². The molecule has 0 atom stereocenters. The van der Waals surface area contributed by atoms with Crippen LogP contribution in [0.25, 0.3) is 10.9 Å². The van der Waals surface area contributed by atoms with E-state index < -0.39 is 0 Å². The average Bonchev–Trinajstić information content (AvgIpc) is 2.87. The third-order valence-electron chi connectivity index (χ3n) is 2.62. The molecule has 5 heteroatoms. The first-order valence-corrected chi connectivity index (χ1v) is 5.64. The number of aryl methyl sites for hydroxylation is 1. The van der Waals surface area contributed by atoms with Gasteiger partial charge in [-0.25, -0.2) is 0 Å². The van der Waals surface area contributed by atoms with Gasteiger partial charge in [-0.1, -0.05) is 22.8 Å². The van der Waals surface area contributed by atoms with Crippen LogP contribution in [-0.4, -0.2) is 14.7 Å². The van der Waals surface area contributed by atoms with E-state index in [2.05, 4.69) is 10.1 Å². The number of nitrogens with zero attached hydrogens (tertiary/aromatic N) is 3. The first kappa shape index (κ1) is 10.4. The third-order valence-corrected chi connectivity index (χ3v) is 2.85. The number of benzene rings is 1. The van der Waals surface area contributed by atoms with Crippen LogP contribution in [0.2, 0.25) is 5.02 Å². The molecule has 0 aliphatic carbocycles. The molecule has 0 spiro atoms. The van der Waals surface area contributed by atoms with Gasteiger partial charge in [-0.3, -0.25) is 0 Å². The van der Waals surface area contributed by atoms with Crippen LogP contribution in [-0.2, 0) is 6.54 Å². The summed E-state index contributed by atoms with van der Waals surface area (Å²) < 4.78 is 7.00. The largest absolute Gasteiger partial charge is 0.340 e. The Labute approximate surface area is 103 Å². The molecule has 0 fully saturated rings. The van der Waals surface area contributed by atoms with E-state index in [1.807, 2.05) is 35.0 Å². The van der Waals surface area contributed by atoms with Gasteiger partial charge in [-0.15, -0.1) is 0 Å². The fourth-order valence-corrected chi connectivity index (χ4v) is 2.02. The highest BCUT2D eigenvalue weighted by molar-refractivity contribution is 6.31. The lowest BCUT2D eigenvalue weighted by atomic mass is 10.2. The highest BCUT2D eigenvalue weighted by Crippen LogP contribution is 2.21. The van der Waals surface area contributed by atoms with Crippen molar-refractivity contribution in [2.45, 2.75) is 13.5 Å². The Kier molecular flexibility index (Phi) is 2.37. The lowest BCUT2D eigenvalue weighted by molar-refractivity contribution is 0.386. The van der Waals surface area contributed by atoms with E-state index in [1.54, 1.807) is 6.92 Å². The van der Waals surface area contributed by atoms with Crippen molar-refractivity contribution in [2.24, 2.45) is 0 Å². The van der Waals surface area contributed by atoms with Crippen LogP contribution in [0.15, 0.2) is 35.0 Å². The van der Waals surface area contributed by atoms with Gasteiger partial charge in [0.05, 0.1) is 6.54 Å². The summed E-state index contributed by atoms with van der Waals surface area (Å²) in [5.41, 5.74) is 1.07. The molecule has 2 aromatic heterocycles. The summed E-state index contributed by atoms with van der Waals surface area (Å²) in [4.78, 5) is 4.18. The van der Waals surface area contributed by atoms with Crippen LogP contribution in [0.1, 0.15) is 11.7 Å². The molecule has 17 heavy (non-hydrogen) atoms. The Hall–Kier alpha value is -1.81. The number of fused-ring (bicyclic) bond motifs is 1. The number of aromatic nitrogens is 3. The molecule has 0 saturated carbocycles. The maximum absolute atomic E-state index is 5.99. The summed E-state index contributed by atoms with van der Waals surface area (Å²) in [6.07, 6.45) is 1.99. The topological polar surface area (TPSA) is 43.9 Å². The van der Waals surface area contributed by atoms with E-state index in [4.69, 9.17) is 16.1 Å². The summed E-state index contributed by atoms with van der Waals surface area (Å²) in [6, 6.07) is 7.85. The molecule has 2 heterocycles. The second-order valence-corrected chi connectivity index (χ2v) is 4.31. The van der Waals surface area contributed by atoms with Crippen molar-refractivity contribution >= 4 is 22.5 Å². The Morgan fingerprint density at radius 2 is 2.24 bits per heavy atom. The molecule has 0 radical (unpaired) electrons. The monoisotopic (exact) mass is 247 g/mol. The summed E-state index contributed by atoms with van der Waals surface area (Å²) in [6.45, 7) is 2.36. The molecule has 0 N–H and O–H groups in total. The van der Waals surface area contributed by atoms with Gasteiger partial charge in [-0.05, 0) is 23.6 Å². The quantitative estimate of drug-likeness (QED) is 0.699. The first-order chi connectivity index (χ1) is 8.22. The van der Waals surface area contributed by atoms with Gasteiger partial charge < -0.3 is 9.09 Å². The Morgan fingerprint density at radius 1 is 1.35 bits per heavy atom. The lowest BCUT2D eigenvalue weighted by Crippen LogP contribution is -1.99. The van der Waals surface area contributed by atoms with Crippen molar-refractivity contribution in [3.05, 3.63) is 47.2 Å². The lowest BCUT2D eigenvalue weighted by Gasteiger charge is -2.01. The summed E-state index contributed by atoms with van der Waals surface area (Å²) in [7, 11) is 0. The summed E-state index contributed by atoms with van der Waals surface area (Å²) in [5.74, 6) is 1.24. The number of halogens is 1. The number of hydrogen-bond donors (Lipinski definition) is 0. The summed E-state index contributed by atoms with van der Waals surface area (Å²) in [5, 5.41) is 5.75. The molecule has 0 saturated heterocycles. The Morgan fingerprint density at radius 3 is 3.00 bits per heavy atom. The van der Waals surface area contributed by atoms with Crippen molar-refractivity contribution in [1.82, 2.24) is 14.7 Å². The van der Waals surface area contributed by atoms with Crippen molar-refractivity contribution in [3.8, 4) is 0 Å². The van der Waals surface area contributed by atoms with Crippen molar-refractivity contribution in [3.63, 3.8) is 0 Å². The van der Waals surface area contributed by atoms with Crippen molar-refractivity contribution in [1.29, 1.82) is 0 Å².